The van der Waals surface area contributed by atoms with Crippen molar-refractivity contribution >= 4 is 11.3 Å². The maximum absolute atomic E-state index is 4.31. The number of nitrogens with zero attached hydrogens (tertiary/aromatic N) is 1. The molecule has 0 spiro atoms. The molecule has 0 aliphatic heterocycles. The molecular formula is C15H21N3S. The predicted molar refractivity (Wildman–Crippen MR) is 79.5 cm³/mol. The van der Waals surface area contributed by atoms with Crippen LogP contribution in [0.4, 0.5) is 0 Å². The van der Waals surface area contributed by atoms with Crippen LogP contribution in [0.1, 0.15) is 59.9 Å². The lowest BCUT2D eigenvalue weighted by Crippen LogP contribution is -2.22. The molecule has 2 aromatic rings. The van der Waals surface area contributed by atoms with Gasteiger partial charge in [-0.25, -0.2) is 4.98 Å². The SMILES string of the molecule is CC(NC(C)c1cc2c(s1)CCCC2)c1ncc[nH]1. The zero-order valence-corrected chi connectivity index (χ0v) is 12.4. The first-order valence-electron chi connectivity index (χ1n) is 7.11. The van der Waals surface area contributed by atoms with E-state index in [0.717, 1.165) is 5.82 Å². The van der Waals surface area contributed by atoms with Crippen LogP contribution in [0.3, 0.4) is 0 Å². The molecule has 1 aliphatic carbocycles. The molecule has 2 N–H and O–H groups in total. The highest BCUT2D eigenvalue weighted by molar-refractivity contribution is 7.12. The predicted octanol–water partition coefficient (Wildman–Crippen LogP) is 3.76. The Kier molecular flexibility index (Phi) is 3.71. The van der Waals surface area contributed by atoms with E-state index in [1.165, 1.54) is 30.6 Å². The molecule has 0 radical (unpaired) electrons. The molecule has 0 saturated carbocycles. The van der Waals surface area contributed by atoms with Crippen LogP contribution >= 0.6 is 11.3 Å². The van der Waals surface area contributed by atoms with Crippen molar-refractivity contribution in [1.82, 2.24) is 15.3 Å². The zero-order valence-electron chi connectivity index (χ0n) is 11.6. The van der Waals surface area contributed by atoms with Crippen molar-refractivity contribution in [3.63, 3.8) is 0 Å². The van der Waals surface area contributed by atoms with Gasteiger partial charge in [-0.1, -0.05) is 0 Å². The number of nitrogens with one attached hydrogen (secondary N) is 2. The maximum atomic E-state index is 4.31. The van der Waals surface area contributed by atoms with Gasteiger partial charge in [0.1, 0.15) is 5.82 Å². The molecule has 0 fully saturated rings. The van der Waals surface area contributed by atoms with Crippen LogP contribution in [0.25, 0.3) is 0 Å². The number of aryl methyl sites for hydroxylation is 2. The number of imidazole rings is 1. The van der Waals surface area contributed by atoms with Crippen molar-refractivity contribution in [3.05, 3.63) is 39.6 Å². The zero-order chi connectivity index (χ0) is 13.2. The minimum absolute atomic E-state index is 0.254. The molecule has 0 aromatic carbocycles. The van der Waals surface area contributed by atoms with E-state index in [0.29, 0.717) is 6.04 Å². The van der Waals surface area contributed by atoms with Crippen LogP contribution < -0.4 is 5.32 Å². The van der Waals surface area contributed by atoms with Gasteiger partial charge in [0.05, 0.1) is 6.04 Å². The summed E-state index contributed by atoms with van der Waals surface area (Å²) in [6.07, 6.45) is 8.95. The van der Waals surface area contributed by atoms with Crippen molar-refractivity contribution in [2.45, 2.75) is 51.6 Å². The van der Waals surface area contributed by atoms with Crippen LogP contribution in [-0.4, -0.2) is 9.97 Å². The van der Waals surface area contributed by atoms with Gasteiger partial charge in [-0.05, 0) is 51.2 Å². The lowest BCUT2D eigenvalue weighted by atomic mass is 9.99. The van der Waals surface area contributed by atoms with Gasteiger partial charge in [-0.15, -0.1) is 11.3 Å². The van der Waals surface area contributed by atoms with Crippen LogP contribution in [0.2, 0.25) is 0 Å². The molecule has 3 nitrogen and oxygen atoms in total. The van der Waals surface area contributed by atoms with Crippen LogP contribution in [0.5, 0.6) is 0 Å². The normalized spacial score (nSPS) is 18.0. The summed E-state index contributed by atoms with van der Waals surface area (Å²) in [5.74, 6) is 1.01. The monoisotopic (exact) mass is 275 g/mol. The Bertz CT molecular complexity index is 506. The molecule has 2 unspecified atom stereocenters. The first kappa shape index (κ1) is 12.9. The number of H-pyrrole nitrogens is 1. The van der Waals surface area contributed by atoms with E-state index >= 15 is 0 Å². The number of rotatable bonds is 4. The topological polar surface area (TPSA) is 40.7 Å². The smallest absolute Gasteiger partial charge is 0.122 e. The minimum Gasteiger partial charge on any atom is -0.347 e. The lowest BCUT2D eigenvalue weighted by Gasteiger charge is -2.17. The molecule has 0 amide bonds. The third kappa shape index (κ3) is 2.74. The second kappa shape index (κ2) is 5.47. The average Bonchev–Trinajstić information content (AvgIpc) is 3.07. The number of aromatic amines is 1. The number of hydrogen-bond donors (Lipinski definition) is 2. The minimum atomic E-state index is 0.254. The summed E-state index contributed by atoms with van der Waals surface area (Å²) < 4.78 is 0. The third-order valence-electron chi connectivity index (χ3n) is 3.87. The van der Waals surface area contributed by atoms with E-state index in [4.69, 9.17) is 0 Å². The number of hydrogen-bond acceptors (Lipinski definition) is 3. The summed E-state index contributed by atoms with van der Waals surface area (Å²) >= 11 is 1.99. The molecule has 1 aliphatic rings. The van der Waals surface area contributed by atoms with Crippen LogP contribution in [0, 0.1) is 0 Å². The molecule has 102 valence electrons. The molecule has 2 heterocycles. The van der Waals surface area contributed by atoms with E-state index in [9.17, 15) is 0 Å². The summed E-state index contributed by atoms with van der Waals surface area (Å²) in [4.78, 5) is 10.6. The first-order valence-corrected chi connectivity index (χ1v) is 7.92. The van der Waals surface area contributed by atoms with Gasteiger partial charge in [0.2, 0.25) is 0 Å². The summed E-state index contributed by atoms with van der Waals surface area (Å²) in [6.45, 7) is 4.40. The van der Waals surface area contributed by atoms with Crippen molar-refractivity contribution in [2.24, 2.45) is 0 Å². The largest absolute Gasteiger partial charge is 0.347 e. The highest BCUT2D eigenvalue weighted by Gasteiger charge is 2.18. The van der Waals surface area contributed by atoms with E-state index in [1.54, 1.807) is 10.4 Å². The van der Waals surface area contributed by atoms with Gasteiger partial charge < -0.3 is 10.3 Å². The molecule has 2 atom stereocenters. The molecular weight excluding hydrogens is 254 g/mol. The van der Waals surface area contributed by atoms with E-state index < -0.39 is 0 Å². The van der Waals surface area contributed by atoms with Gasteiger partial charge in [0.25, 0.3) is 0 Å². The fraction of sp³-hybridized carbons (Fsp3) is 0.533. The lowest BCUT2D eigenvalue weighted by molar-refractivity contribution is 0.484. The Hall–Kier alpha value is -1.13. The van der Waals surface area contributed by atoms with Crippen molar-refractivity contribution in [2.75, 3.05) is 0 Å². The van der Waals surface area contributed by atoms with Crippen LogP contribution in [-0.2, 0) is 12.8 Å². The highest BCUT2D eigenvalue weighted by Crippen LogP contribution is 2.33. The molecule has 19 heavy (non-hydrogen) atoms. The molecule has 0 saturated heterocycles. The molecule has 3 rings (SSSR count). The summed E-state index contributed by atoms with van der Waals surface area (Å²) in [7, 11) is 0. The Morgan fingerprint density at radius 2 is 2.11 bits per heavy atom. The van der Waals surface area contributed by atoms with E-state index in [-0.39, 0.29) is 6.04 Å². The van der Waals surface area contributed by atoms with E-state index in [2.05, 4.69) is 35.2 Å². The van der Waals surface area contributed by atoms with Crippen molar-refractivity contribution in [3.8, 4) is 0 Å². The first-order chi connectivity index (χ1) is 9.24. The quantitative estimate of drug-likeness (QED) is 0.892. The van der Waals surface area contributed by atoms with Gasteiger partial charge in [-0.3, -0.25) is 0 Å². The van der Waals surface area contributed by atoms with Crippen LogP contribution in [0.15, 0.2) is 18.5 Å². The third-order valence-corrected chi connectivity index (χ3v) is 5.29. The average molecular weight is 275 g/mol. The number of aromatic nitrogens is 2. The Labute approximate surface area is 118 Å². The summed E-state index contributed by atoms with van der Waals surface area (Å²) in [6, 6.07) is 3.05. The van der Waals surface area contributed by atoms with Gasteiger partial charge in [0, 0.05) is 28.2 Å². The summed E-state index contributed by atoms with van der Waals surface area (Å²) in [5, 5.41) is 3.62. The second-order valence-corrected chi connectivity index (χ2v) is 6.56. The Balaban J connectivity index is 1.70. The number of thiophene rings is 1. The second-order valence-electron chi connectivity index (χ2n) is 5.39. The molecule has 4 heteroatoms. The Morgan fingerprint density at radius 1 is 1.26 bits per heavy atom. The van der Waals surface area contributed by atoms with Crippen molar-refractivity contribution in [1.29, 1.82) is 0 Å². The van der Waals surface area contributed by atoms with Gasteiger partial charge in [-0.2, -0.15) is 0 Å². The fourth-order valence-corrected chi connectivity index (χ4v) is 4.05. The van der Waals surface area contributed by atoms with Gasteiger partial charge >= 0.3 is 0 Å². The molecule has 2 aromatic heterocycles. The van der Waals surface area contributed by atoms with Crippen molar-refractivity contribution < 1.29 is 0 Å². The highest BCUT2D eigenvalue weighted by atomic mass is 32.1. The summed E-state index contributed by atoms with van der Waals surface area (Å²) in [5.41, 5.74) is 1.59. The standard InChI is InChI=1S/C15H21N3S/c1-10(18-11(2)15-16-7-8-17-15)14-9-12-5-3-4-6-13(12)19-14/h7-11,18H,3-6H2,1-2H3,(H,16,17). The number of fused-ring (bicyclic) bond motifs is 1. The van der Waals surface area contributed by atoms with E-state index in [1.807, 2.05) is 23.7 Å². The Morgan fingerprint density at radius 3 is 2.84 bits per heavy atom. The molecule has 0 bridgehead atoms. The van der Waals surface area contributed by atoms with Gasteiger partial charge in [0.15, 0.2) is 0 Å². The maximum Gasteiger partial charge on any atom is 0.122 e. The fourth-order valence-electron chi connectivity index (χ4n) is 2.78.